The summed E-state index contributed by atoms with van der Waals surface area (Å²) in [6, 6.07) is 4.49. The van der Waals surface area contributed by atoms with Gasteiger partial charge in [-0.3, -0.25) is 4.79 Å². The summed E-state index contributed by atoms with van der Waals surface area (Å²) in [5.41, 5.74) is 0. The van der Waals surface area contributed by atoms with Crippen LogP contribution in [0.2, 0.25) is 10.0 Å². The zero-order valence-electron chi connectivity index (χ0n) is 11.1. The molecule has 0 aliphatic carbocycles. The Morgan fingerprint density at radius 3 is 2.48 bits per heavy atom. The van der Waals surface area contributed by atoms with E-state index in [0.717, 1.165) is 0 Å². The molecule has 0 amide bonds. The summed E-state index contributed by atoms with van der Waals surface area (Å²) in [7, 11) is -3.70. The molecule has 0 unspecified atom stereocenters. The van der Waals surface area contributed by atoms with Crippen LogP contribution in [0.25, 0.3) is 0 Å². The second-order valence-electron chi connectivity index (χ2n) is 5.00. The second-order valence-corrected chi connectivity index (χ2v) is 7.69. The zero-order valence-corrected chi connectivity index (χ0v) is 13.5. The van der Waals surface area contributed by atoms with Gasteiger partial charge in [0, 0.05) is 19.5 Å². The van der Waals surface area contributed by atoms with E-state index < -0.39 is 16.0 Å². The Labute approximate surface area is 133 Å². The van der Waals surface area contributed by atoms with Crippen LogP contribution in [0, 0.1) is 5.92 Å². The minimum atomic E-state index is -3.70. The molecule has 1 fully saturated rings. The normalized spacial score (nSPS) is 17.8. The van der Waals surface area contributed by atoms with Gasteiger partial charge in [-0.15, -0.1) is 0 Å². The van der Waals surface area contributed by atoms with Gasteiger partial charge in [0.05, 0.1) is 10.0 Å². The van der Waals surface area contributed by atoms with Gasteiger partial charge in [0.25, 0.3) is 0 Å². The molecular weight excluding hydrogens is 337 g/mol. The molecule has 1 aromatic rings. The molecule has 21 heavy (non-hydrogen) atoms. The van der Waals surface area contributed by atoms with Crippen molar-refractivity contribution in [2.45, 2.75) is 24.2 Å². The Hall–Kier alpha value is -0.820. The van der Waals surface area contributed by atoms with E-state index in [0.29, 0.717) is 25.9 Å². The van der Waals surface area contributed by atoms with Crippen molar-refractivity contribution in [2.75, 3.05) is 13.1 Å². The summed E-state index contributed by atoms with van der Waals surface area (Å²) in [6.45, 7) is 0.590. The van der Waals surface area contributed by atoms with Gasteiger partial charge in [0.15, 0.2) is 0 Å². The fourth-order valence-corrected chi connectivity index (χ4v) is 4.63. The molecule has 1 aromatic carbocycles. The first-order chi connectivity index (χ1) is 9.82. The van der Waals surface area contributed by atoms with Gasteiger partial charge in [-0.25, -0.2) is 8.42 Å². The minimum absolute atomic E-state index is 0.00616. The standard InChI is InChI=1S/C13H15Cl2NO4S/c14-10-2-1-3-11(13(10)15)21(19,20)16-6-4-9(5-7-16)8-12(17)18/h1-3,9H,4-8H2,(H,17,18). The van der Waals surface area contributed by atoms with Crippen LogP contribution in [0.1, 0.15) is 19.3 Å². The van der Waals surface area contributed by atoms with E-state index in [1.54, 1.807) is 0 Å². The van der Waals surface area contributed by atoms with Crippen molar-refractivity contribution in [3.63, 3.8) is 0 Å². The molecule has 1 aliphatic rings. The third-order valence-corrected chi connectivity index (χ3v) is 6.44. The summed E-state index contributed by atoms with van der Waals surface area (Å²) in [4.78, 5) is 10.7. The lowest BCUT2D eigenvalue weighted by atomic mass is 9.95. The molecule has 1 heterocycles. The quantitative estimate of drug-likeness (QED) is 0.904. The number of hydrogen-bond donors (Lipinski definition) is 1. The van der Waals surface area contributed by atoms with Crippen molar-refractivity contribution in [1.82, 2.24) is 4.31 Å². The van der Waals surface area contributed by atoms with E-state index in [4.69, 9.17) is 28.3 Å². The van der Waals surface area contributed by atoms with E-state index in [2.05, 4.69) is 0 Å². The third kappa shape index (κ3) is 3.69. The van der Waals surface area contributed by atoms with Crippen LogP contribution >= 0.6 is 23.2 Å². The average molecular weight is 352 g/mol. The number of rotatable bonds is 4. The molecule has 0 saturated carbocycles. The monoisotopic (exact) mass is 351 g/mol. The van der Waals surface area contributed by atoms with Crippen molar-refractivity contribution < 1.29 is 18.3 Å². The van der Waals surface area contributed by atoms with Crippen molar-refractivity contribution in [1.29, 1.82) is 0 Å². The van der Waals surface area contributed by atoms with Crippen LogP contribution in [0.4, 0.5) is 0 Å². The molecule has 0 bridgehead atoms. The number of nitrogens with zero attached hydrogens (tertiary/aromatic N) is 1. The Balaban J connectivity index is 2.15. The van der Waals surface area contributed by atoms with E-state index in [9.17, 15) is 13.2 Å². The van der Waals surface area contributed by atoms with Gasteiger partial charge >= 0.3 is 5.97 Å². The molecule has 0 atom stereocenters. The lowest BCUT2D eigenvalue weighted by molar-refractivity contribution is -0.138. The van der Waals surface area contributed by atoms with Crippen molar-refractivity contribution in [3.05, 3.63) is 28.2 Å². The smallest absolute Gasteiger partial charge is 0.303 e. The molecule has 0 spiro atoms. The fraction of sp³-hybridized carbons (Fsp3) is 0.462. The first-order valence-corrected chi connectivity index (χ1v) is 8.68. The summed E-state index contributed by atoms with van der Waals surface area (Å²) in [6.07, 6.45) is 1.14. The molecule has 1 saturated heterocycles. The number of sulfonamides is 1. The molecule has 0 radical (unpaired) electrons. The highest BCUT2D eigenvalue weighted by Crippen LogP contribution is 2.32. The van der Waals surface area contributed by atoms with Crippen molar-refractivity contribution >= 4 is 39.2 Å². The number of hydrogen-bond acceptors (Lipinski definition) is 3. The number of benzene rings is 1. The number of piperidine rings is 1. The van der Waals surface area contributed by atoms with Gasteiger partial charge in [-0.1, -0.05) is 29.3 Å². The Morgan fingerprint density at radius 1 is 1.29 bits per heavy atom. The largest absolute Gasteiger partial charge is 0.481 e. The number of carboxylic acid groups (broad SMARTS) is 1. The first kappa shape index (κ1) is 16.5. The highest BCUT2D eigenvalue weighted by Gasteiger charge is 2.31. The van der Waals surface area contributed by atoms with Crippen LogP contribution in [-0.4, -0.2) is 36.9 Å². The van der Waals surface area contributed by atoms with Crippen molar-refractivity contribution in [3.8, 4) is 0 Å². The number of halogens is 2. The van der Waals surface area contributed by atoms with E-state index in [-0.39, 0.29) is 27.3 Å². The molecule has 2 rings (SSSR count). The highest BCUT2D eigenvalue weighted by molar-refractivity contribution is 7.89. The van der Waals surface area contributed by atoms with Gasteiger partial charge in [0.1, 0.15) is 4.90 Å². The molecular formula is C13H15Cl2NO4S. The van der Waals surface area contributed by atoms with E-state index in [1.165, 1.54) is 22.5 Å². The van der Waals surface area contributed by atoms with Crippen molar-refractivity contribution in [2.24, 2.45) is 5.92 Å². The lowest BCUT2D eigenvalue weighted by Gasteiger charge is -2.30. The predicted molar refractivity (Wildman–Crippen MR) is 80.2 cm³/mol. The molecule has 1 aliphatic heterocycles. The van der Waals surface area contributed by atoms with Gasteiger partial charge in [-0.05, 0) is 30.9 Å². The Kier molecular flexibility index (Phi) is 5.14. The second kappa shape index (κ2) is 6.52. The summed E-state index contributed by atoms with van der Waals surface area (Å²) in [5.74, 6) is -0.835. The molecule has 1 N–H and O–H groups in total. The van der Waals surface area contributed by atoms with E-state index >= 15 is 0 Å². The molecule has 5 nitrogen and oxygen atoms in total. The fourth-order valence-electron chi connectivity index (χ4n) is 2.42. The van der Waals surface area contributed by atoms with Gasteiger partial charge in [0.2, 0.25) is 10.0 Å². The van der Waals surface area contributed by atoms with Crippen LogP contribution in [0.3, 0.4) is 0 Å². The molecule has 116 valence electrons. The predicted octanol–water partition coefficient (Wildman–Crippen LogP) is 2.87. The maximum atomic E-state index is 12.6. The molecule has 8 heteroatoms. The Morgan fingerprint density at radius 2 is 1.90 bits per heavy atom. The first-order valence-electron chi connectivity index (χ1n) is 6.48. The molecule has 0 aromatic heterocycles. The maximum absolute atomic E-state index is 12.6. The minimum Gasteiger partial charge on any atom is -0.481 e. The summed E-state index contributed by atoms with van der Waals surface area (Å²) >= 11 is 11.8. The topological polar surface area (TPSA) is 74.7 Å². The van der Waals surface area contributed by atoms with Crippen LogP contribution in [-0.2, 0) is 14.8 Å². The van der Waals surface area contributed by atoms with Crippen LogP contribution in [0.15, 0.2) is 23.1 Å². The van der Waals surface area contributed by atoms with Crippen LogP contribution < -0.4 is 0 Å². The van der Waals surface area contributed by atoms with Gasteiger partial charge in [-0.2, -0.15) is 4.31 Å². The SMILES string of the molecule is O=C(O)CC1CCN(S(=O)(=O)c2cccc(Cl)c2Cl)CC1. The summed E-state index contributed by atoms with van der Waals surface area (Å²) in [5, 5.41) is 8.99. The summed E-state index contributed by atoms with van der Waals surface area (Å²) < 4.78 is 26.4. The zero-order chi connectivity index (χ0) is 15.6. The van der Waals surface area contributed by atoms with Crippen LogP contribution in [0.5, 0.6) is 0 Å². The number of carbonyl (C=O) groups is 1. The lowest BCUT2D eigenvalue weighted by Crippen LogP contribution is -2.39. The van der Waals surface area contributed by atoms with E-state index in [1.807, 2.05) is 0 Å². The maximum Gasteiger partial charge on any atom is 0.303 e. The highest BCUT2D eigenvalue weighted by atomic mass is 35.5. The van der Waals surface area contributed by atoms with Gasteiger partial charge < -0.3 is 5.11 Å². The number of aliphatic carboxylic acids is 1. The number of carboxylic acids is 1. The third-order valence-electron chi connectivity index (χ3n) is 3.57. The average Bonchev–Trinajstić information content (AvgIpc) is 2.41. The Bertz CT molecular complexity index is 640.